The predicted octanol–water partition coefficient (Wildman–Crippen LogP) is 6.94. The van der Waals surface area contributed by atoms with E-state index in [9.17, 15) is 14.7 Å². The molecule has 0 rings (SSSR count). The molecule has 0 aromatic carbocycles. The van der Waals surface area contributed by atoms with Gasteiger partial charge in [-0.05, 0) is 19.3 Å². The predicted molar refractivity (Wildman–Crippen MR) is 158 cm³/mol. The molecule has 0 unspecified atom stereocenters. The molecule has 0 fully saturated rings. The third-order valence-corrected chi connectivity index (χ3v) is 6.98. The molecule has 4 N–H and O–H groups in total. The van der Waals surface area contributed by atoms with Gasteiger partial charge in [0.1, 0.15) is 0 Å². The van der Waals surface area contributed by atoms with E-state index in [4.69, 9.17) is 5.11 Å². The first kappa shape index (κ1) is 45.5. The Morgan fingerprint density at radius 3 is 0.868 bits per heavy atom. The minimum Gasteiger partial charge on any atom is -0.550 e. The molecule has 0 aliphatic carbocycles. The van der Waals surface area contributed by atoms with Gasteiger partial charge in [-0.25, -0.2) is 0 Å². The molecular weight excluding hydrogens is 501 g/mol. The molecule has 0 saturated carbocycles. The smallest absolute Gasteiger partial charge is 0.550 e. The van der Waals surface area contributed by atoms with Gasteiger partial charge in [-0.2, -0.15) is 0 Å². The summed E-state index contributed by atoms with van der Waals surface area (Å²) in [5.74, 6) is -1.56. The second kappa shape index (κ2) is 42.0. The van der Waals surface area contributed by atoms with E-state index in [2.05, 4.69) is 13.8 Å². The fourth-order valence-corrected chi connectivity index (χ4v) is 4.58. The van der Waals surface area contributed by atoms with Crippen LogP contribution in [0.2, 0.25) is 0 Å². The Kier molecular flexibility index (Phi) is 50.3. The molecule has 6 heteroatoms. The molecule has 0 heterocycles. The zero-order valence-corrected chi connectivity index (χ0v) is 29.3. The number of unbranched alkanes of at least 4 members (excludes halogenated alkanes) is 24. The largest absolute Gasteiger partial charge is 1.00 e. The Morgan fingerprint density at radius 2 is 0.658 bits per heavy atom. The Balaban J connectivity index is -0.000000295. The molecule has 0 saturated heterocycles. The van der Waals surface area contributed by atoms with Gasteiger partial charge in [0.15, 0.2) is 0 Å². The Hall–Kier alpha value is 0.536. The maximum absolute atomic E-state index is 10.3. The summed E-state index contributed by atoms with van der Waals surface area (Å²) >= 11 is 0. The summed E-state index contributed by atoms with van der Waals surface area (Å²) in [4.78, 5) is 20.5. The molecule has 0 bridgehead atoms. The SMILES string of the molecule is CCCCCCCCCCCCCC(=O)O.CCCCCCCCCCCCCCCCCC(=O)[O-].N.[K+]. The number of aliphatic carboxylic acids is 2. The maximum atomic E-state index is 10.3. The molecule has 5 nitrogen and oxygen atoms in total. The van der Waals surface area contributed by atoms with Crippen molar-refractivity contribution in [2.24, 2.45) is 0 Å². The molecule has 0 atom stereocenters. The molecule has 38 heavy (non-hydrogen) atoms. The average molecular weight is 568 g/mol. The third-order valence-electron chi connectivity index (χ3n) is 6.98. The van der Waals surface area contributed by atoms with Crippen LogP contribution in [0.3, 0.4) is 0 Å². The van der Waals surface area contributed by atoms with Crippen molar-refractivity contribution in [3.05, 3.63) is 0 Å². The fraction of sp³-hybridized carbons (Fsp3) is 0.938. The fourth-order valence-electron chi connectivity index (χ4n) is 4.58. The van der Waals surface area contributed by atoms with Crippen LogP contribution in [0.25, 0.3) is 0 Å². The van der Waals surface area contributed by atoms with Gasteiger partial charge in [0.05, 0.1) is 0 Å². The quantitative estimate of drug-likeness (QED) is 0.0786. The normalized spacial score (nSPS) is 10.2. The van der Waals surface area contributed by atoms with E-state index in [1.54, 1.807) is 0 Å². The summed E-state index contributed by atoms with van der Waals surface area (Å²) in [6, 6.07) is 0. The van der Waals surface area contributed by atoms with Crippen molar-refractivity contribution in [2.75, 3.05) is 0 Å². The van der Waals surface area contributed by atoms with Crippen molar-refractivity contribution < 1.29 is 71.2 Å². The number of carbonyl (C=O) groups is 2. The van der Waals surface area contributed by atoms with Crippen LogP contribution in [-0.4, -0.2) is 17.0 Å². The van der Waals surface area contributed by atoms with Gasteiger partial charge in [0.2, 0.25) is 0 Å². The van der Waals surface area contributed by atoms with E-state index < -0.39 is 11.9 Å². The molecule has 0 spiro atoms. The zero-order chi connectivity index (χ0) is 27.0. The summed E-state index contributed by atoms with van der Waals surface area (Å²) in [5.41, 5.74) is 0. The van der Waals surface area contributed by atoms with E-state index >= 15 is 0 Å². The number of carboxylic acid groups (broad SMARTS) is 2. The summed E-state index contributed by atoms with van der Waals surface area (Å²) in [6.45, 7) is 4.51. The van der Waals surface area contributed by atoms with Gasteiger partial charge in [0, 0.05) is 12.4 Å². The van der Waals surface area contributed by atoms with E-state index in [1.165, 1.54) is 141 Å². The molecule has 0 aromatic rings. The standard InChI is InChI=1S/C18H36O2.C14H28O2.K.H3N/c1-2-3-4-5-6-7-8-9-10-11-12-13-14-15-16-17-18(19)20;1-2-3-4-5-6-7-8-9-10-11-12-13-14(15)16;;/h2-17H2,1H3,(H,19,20);2-13H2,1H3,(H,15,16);;1H3/q;;+1;/p-1. The first-order chi connectivity index (χ1) is 17.5. The van der Waals surface area contributed by atoms with Crippen LogP contribution in [0, 0.1) is 0 Å². The van der Waals surface area contributed by atoms with Crippen LogP contribution in [0.5, 0.6) is 0 Å². The van der Waals surface area contributed by atoms with E-state index in [0.29, 0.717) is 6.42 Å². The van der Waals surface area contributed by atoms with Gasteiger partial charge in [-0.15, -0.1) is 0 Å². The molecule has 0 aliphatic rings. The minimum atomic E-state index is -0.903. The molecule has 0 aliphatic heterocycles. The van der Waals surface area contributed by atoms with Crippen LogP contribution in [0.15, 0.2) is 0 Å². The number of hydrogen-bond acceptors (Lipinski definition) is 4. The van der Waals surface area contributed by atoms with Gasteiger partial charge in [0.25, 0.3) is 0 Å². The first-order valence-electron chi connectivity index (χ1n) is 16.0. The topological polar surface area (TPSA) is 112 Å². The molecular formula is C32H66KNO4. The third kappa shape index (κ3) is 49.5. The summed E-state index contributed by atoms with van der Waals surface area (Å²) in [7, 11) is 0. The number of carbonyl (C=O) groups excluding carboxylic acids is 1. The Bertz CT molecular complexity index is 449. The average Bonchev–Trinajstić information content (AvgIpc) is 2.85. The van der Waals surface area contributed by atoms with Gasteiger partial charge < -0.3 is 21.2 Å². The number of rotatable bonds is 28. The van der Waals surface area contributed by atoms with Crippen LogP contribution >= 0.6 is 0 Å². The van der Waals surface area contributed by atoms with E-state index in [1.807, 2.05) is 0 Å². The number of carboxylic acids is 2. The maximum Gasteiger partial charge on any atom is 1.00 e. The van der Waals surface area contributed by atoms with Crippen molar-refractivity contribution in [1.29, 1.82) is 0 Å². The van der Waals surface area contributed by atoms with Crippen LogP contribution in [-0.2, 0) is 9.59 Å². The van der Waals surface area contributed by atoms with Gasteiger partial charge in [-0.1, -0.05) is 168 Å². The van der Waals surface area contributed by atoms with Crippen molar-refractivity contribution in [3.63, 3.8) is 0 Å². The Morgan fingerprint density at radius 1 is 0.447 bits per heavy atom. The van der Waals surface area contributed by atoms with E-state index in [0.717, 1.165) is 25.7 Å². The monoisotopic (exact) mass is 567 g/mol. The minimum absolute atomic E-state index is 0. The number of hydrogen-bond donors (Lipinski definition) is 2. The van der Waals surface area contributed by atoms with Crippen molar-refractivity contribution in [3.8, 4) is 0 Å². The second-order valence-electron chi connectivity index (χ2n) is 10.8. The van der Waals surface area contributed by atoms with Crippen molar-refractivity contribution >= 4 is 11.9 Å². The van der Waals surface area contributed by atoms with Crippen molar-refractivity contribution in [1.82, 2.24) is 6.15 Å². The van der Waals surface area contributed by atoms with Gasteiger partial charge >= 0.3 is 57.4 Å². The summed E-state index contributed by atoms with van der Waals surface area (Å²) < 4.78 is 0. The van der Waals surface area contributed by atoms with Crippen LogP contribution in [0.4, 0.5) is 0 Å². The molecule has 0 amide bonds. The molecule has 0 radical (unpaired) electrons. The first-order valence-corrected chi connectivity index (χ1v) is 16.0. The second-order valence-corrected chi connectivity index (χ2v) is 10.8. The van der Waals surface area contributed by atoms with Crippen LogP contribution in [0.1, 0.15) is 194 Å². The zero-order valence-electron chi connectivity index (χ0n) is 26.2. The van der Waals surface area contributed by atoms with E-state index in [-0.39, 0.29) is 64.0 Å². The summed E-state index contributed by atoms with van der Waals surface area (Å²) in [6.07, 6.45) is 34.2. The van der Waals surface area contributed by atoms with Crippen molar-refractivity contribution in [2.45, 2.75) is 194 Å². The summed E-state index contributed by atoms with van der Waals surface area (Å²) in [5, 5.41) is 18.7. The molecule has 0 aromatic heterocycles. The molecule has 224 valence electrons. The Labute approximate surface area is 280 Å². The van der Waals surface area contributed by atoms with Crippen LogP contribution < -0.4 is 62.6 Å². The van der Waals surface area contributed by atoms with Gasteiger partial charge in [-0.3, -0.25) is 4.79 Å².